The van der Waals surface area contributed by atoms with Gasteiger partial charge in [-0.25, -0.2) is 0 Å². The van der Waals surface area contributed by atoms with E-state index < -0.39 is 10.8 Å². The first-order chi connectivity index (χ1) is 7.50. The van der Waals surface area contributed by atoms with Crippen LogP contribution >= 0.6 is 11.6 Å². The number of primary amides is 1. The Morgan fingerprint density at radius 2 is 2.25 bits per heavy atom. The van der Waals surface area contributed by atoms with Gasteiger partial charge in [0, 0.05) is 17.7 Å². The summed E-state index contributed by atoms with van der Waals surface area (Å²) in [5, 5.41) is 10.8. The number of benzene rings is 1. The molecule has 0 saturated carbocycles. The van der Waals surface area contributed by atoms with Crippen molar-refractivity contribution in [3.8, 4) is 11.8 Å². The van der Waals surface area contributed by atoms with Gasteiger partial charge in [0.1, 0.15) is 0 Å². The fraction of sp³-hybridized carbons (Fsp3) is 0.100. The summed E-state index contributed by atoms with van der Waals surface area (Å²) >= 11 is 5.77. The van der Waals surface area contributed by atoms with Crippen LogP contribution in [0.4, 0.5) is 5.69 Å². The Bertz CT molecular complexity index is 503. The van der Waals surface area contributed by atoms with Crippen molar-refractivity contribution < 1.29 is 9.72 Å². The van der Waals surface area contributed by atoms with Crippen molar-refractivity contribution in [1.29, 1.82) is 0 Å². The average Bonchev–Trinajstić information content (AvgIpc) is 2.20. The summed E-state index contributed by atoms with van der Waals surface area (Å²) < 4.78 is 0. The van der Waals surface area contributed by atoms with E-state index in [1.165, 1.54) is 18.2 Å². The molecular weight excluding hydrogens is 232 g/mol. The molecule has 6 heteroatoms. The Morgan fingerprint density at radius 1 is 1.56 bits per heavy atom. The lowest BCUT2D eigenvalue weighted by Gasteiger charge is -1.95. The van der Waals surface area contributed by atoms with Crippen molar-refractivity contribution in [2.75, 3.05) is 0 Å². The lowest BCUT2D eigenvalue weighted by Crippen LogP contribution is -2.08. The first-order valence-corrected chi connectivity index (χ1v) is 4.59. The number of hydrogen-bond donors (Lipinski definition) is 1. The number of nitrogens with two attached hydrogens (primary N) is 1. The molecule has 0 bridgehead atoms. The molecule has 0 fully saturated rings. The summed E-state index contributed by atoms with van der Waals surface area (Å²) in [6.45, 7) is 0. The Hall–Kier alpha value is -2.06. The highest BCUT2D eigenvalue weighted by atomic mass is 35.5. The van der Waals surface area contributed by atoms with Crippen LogP contribution in [0, 0.1) is 22.0 Å². The summed E-state index contributed by atoms with van der Waals surface area (Å²) in [5.41, 5.74) is 5.09. The van der Waals surface area contributed by atoms with Gasteiger partial charge in [-0.2, -0.15) is 0 Å². The summed E-state index contributed by atoms with van der Waals surface area (Å²) in [5.74, 6) is 4.47. The number of nitrogens with zero attached hydrogens (tertiary/aromatic N) is 1. The summed E-state index contributed by atoms with van der Waals surface area (Å²) in [4.78, 5) is 20.4. The van der Waals surface area contributed by atoms with E-state index in [-0.39, 0.29) is 12.1 Å². The highest BCUT2D eigenvalue weighted by Gasteiger charge is 2.07. The van der Waals surface area contributed by atoms with E-state index in [0.29, 0.717) is 10.6 Å². The molecule has 2 N–H and O–H groups in total. The highest BCUT2D eigenvalue weighted by Crippen LogP contribution is 2.20. The number of hydrogen-bond acceptors (Lipinski definition) is 3. The molecule has 0 aliphatic heterocycles. The van der Waals surface area contributed by atoms with Gasteiger partial charge in [0.15, 0.2) is 0 Å². The highest BCUT2D eigenvalue weighted by molar-refractivity contribution is 6.31. The van der Waals surface area contributed by atoms with Crippen molar-refractivity contribution in [1.82, 2.24) is 0 Å². The van der Waals surface area contributed by atoms with E-state index in [2.05, 4.69) is 11.8 Å². The number of halogens is 1. The van der Waals surface area contributed by atoms with Crippen LogP contribution in [0.2, 0.25) is 5.02 Å². The second-order valence-electron chi connectivity index (χ2n) is 2.87. The molecular formula is C10H7ClN2O3. The minimum atomic E-state index is -0.561. The molecule has 16 heavy (non-hydrogen) atoms. The number of carbonyl (C=O) groups is 1. The van der Waals surface area contributed by atoms with Gasteiger partial charge in [-0.1, -0.05) is 23.4 Å². The third-order valence-electron chi connectivity index (χ3n) is 1.65. The number of amides is 1. The molecule has 0 unspecified atom stereocenters. The number of nitro groups is 1. The molecule has 0 aliphatic carbocycles. The molecule has 1 aromatic rings. The average molecular weight is 239 g/mol. The Labute approximate surface area is 96.3 Å². The minimum Gasteiger partial charge on any atom is -0.369 e. The molecule has 0 aromatic heterocycles. The molecule has 0 atom stereocenters. The Kier molecular flexibility index (Phi) is 3.86. The van der Waals surface area contributed by atoms with Crippen LogP contribution in [-0.4, -0.2) is 10.8 Å². The second kappa shape index (κ2) is 5.14. The van der Waals surface area contributed by atoms with E-state index in [0.717, 1.165) is 0 Å². The maximum absolute atomic E-state index is 10.5. The molecule has 1 aromatic carbocycles. The number of non-ortho nitro benzene ring substituents is 1. The van der Waals surface area contributed by atoms with Gasteiger partial charge in [-0.15, -0.1) is 0 Å². The minimum absolute atomic E-state index is 0.104. The summed E-state index contributed by atoms with van der Waals surface area (Å²) in [6, 6.07) is 3.91. The first kappa shape index (κ1) is 12.0. The molecule has 0 heterocycles. The molecule has 82 valence electrons. The van der Waals surface area contributed by atoms with Crippen LogP contribution in [-0.2, 0) is 4.79 Å². The van der Waals surface area contributed by atoms with E-state index in [1.807, 2.05) is 0 Å². The van der Waals surface area contributed by atoms with Crippen molar-refractivity contribution in [2.24, 2.45) is 5.73 Å². The van der Waals surface area contributed by atoms with Crippen LogP contribution in [0.15, 0.2) is 18.2 Å². The zero-order valence-electron chi connectivity index (χ0n) is 8.07. The van der Waals surface area contributed by atoms with Crippen molar-refractivity contribution in [3.05, 3.63) is 38.9 Å². The topological polar surface area (TPSA) is 86.2 Å². The fourth-order valence-corrected chi connectivity index (χ4v) is 1.11. The maximum Gasteiger partial charge on any atom is 0.270 e. The zero-order chi connectivity index (χ0) is 12.1. The van der Waals surface area contributed by atoms with Gasteiger partial charge in [-0.3, -0.25) is 14.9 Å². The third kappa shape index (κ3) is 3.26. The summed E-state index contributed by atoms with van der Waals surface area (Å²) in [7, 11) is 0. The van der Waals surface area contributed by atoms with Gasteiger partial charge in [-0.05, 0) is 6.07 Å². The van der Waals surface area contributed by atoms with Gasteiger partial charge in [0.25, 0.3) is 5.69 Å². The lowest BCUT2D eigenvalue weighted by molar-refractivity contribution is -0.384. The standard InChI is InChI=1S/C10H7ClN2O3/c11-9-5-4-8(13(15)16)6-7(9)2-1-3-10(12)14/h4-6H,3H2,(H2,12,14). The molecule has 0 aliphatic rings. The van der Waals surface area contributed by atoms with Crippen LogP contribution in [0.3, 0.4) is 0 Å². The Balaban J connectivity index is 3.01. The van der Waals surface area contributed by atoms with Crippen LogP contribution in [0.1, 0.15) is 12.0 Å². The molecule has 0 spiro atoms. The molecule has 0 radical (unpaired) electrons. The number of carbonyl (C=O) groups excluding carboxylic acids is 1. The third-order valence-corrected chi connectivity index (χ3v) is 1.98. The van der Waals surface area contributed by atoms with Gasteiger partial charge in [0.05, 0.1) is 16.4 Å². The normalized spacial score (nSPS) is 9.06. The smallest absolute Gasteiger partial charge is 0.270 e. The zero-order valence-corrected chi connectivity index (χ0v) is 8.82. The Morgan fingerprint density at radius 3 is 2.81 bits per heavy atom. The first-order valence-electron chi connectivity index (χ1n) is 4.22. The molecule has 1 amide bonds. The van der Waals surface area contributed by atoms with Gasteiger partial charge < -0.3 is 5.73 Å². The monoisotopic (exact) mass is 238 g/mol. The van der Waals surface area contributed by atoms with E-state index >= 15 is 0 Å². The predicted octanol–water partition coefficient (Wildman–Crippen LogP) is 1.48. The maximum atomic E-state index is 10.5. The van der Waals surface area contributed by atoms with Gasteiger partial charge >= 0.3 is 0 Å². The van der Waals surface area contributed by atoms with E-state index in [1.54, 1.807) is 0 Å². The van der Waals surface area contributed by atoms with Crippen LogP contribution in [0.5, 0.6) is 0 Å². The lowest BCUT2D eigenvalue weighted by atomic mass is 10.2. The van der Waals surface area contributed by atoms with Gasteiger partial charge in [0.2, 0.25) is 5.91 Å². The van der Waals surface area contributed by atoms with E-state index in [9.17, 15) is 14.9 Å². The van der Waals surface area contributed by atoms with Crippen LogP contribution < -0.4 is 5.73 Å². The van der Waals surface area contributed by atoms with Crippen molar-refractivity contribution >= 4 is 23.2 Å². The quantitative estimate of drug-likeness (QED) is 0.481. The fourth-order valence-electron chi connectivity index (χ4n) is 0.949. The predicted molar refractivity (Wildman–Crippen MR) is 58.8 cm³/mol. The number of rotatable bonds is 2. The molecule has 1 rings (SSSR count). The molecule has 5 nitrogen and oxygen atoms in total. The summed E-state index contributed by atoms with van der Waals surface area (Å²) in [6.07, 6.45) is -0.112. The van der Waals surface area contributed by atoms with E-state index in [4.69, 9.17) is 17.3 Å². The second-order valence-corrected chi connectivity index (χ2v) is 3.27. The molecule has 0 saturated heterocycles. The van der Waals surface area contributed by atoms with Crippen molar-refractivity contribution in [2.45, 2.75) is 6.42 Å². The number of nitro benzene ring substituents is 1. The van der Waals surface area contributed by atoms with Crippen molar-refractivity contribution in [3.63, 3.8) is 0 Å². The largest absolute Gasteiger partial charge is 0.369 e. The SMILES string of the molecule is NC(=O)CC#Cc1cc([N+](=O)[O-])ccc1Cl. The van der Waals surface area contributed by atoms with Crippen LogP contribution in [0.25, 0.3) is 0 Å².